The molecule has 2 aromatic carbocycles. The predicted octanol–water partition coefficient (Wildman–Crippen LogP) is 3.29. The number of para-hydroxylation sites is 1. The second kappa shape index (κ2) is 7.78. The molecule has 0 bridgehead atoms. The van der Waals surface area contributed by atoms with E-state index in [1.165, 1.54) is 11.1 Å². The highest BCUT2D eigenvalue weighted by Gasteiger charge is 2.45. The lowest BCUT2D eigenvalue weighted by molar-refractivity contribution is -0.197. The molecule has 31 heavy (non-hydrogen) atoms. The van der Waals surface area contributed by atoms with Crippen molar-refractivity contribution in [1.82, 2.24) is 9.04 Å². The van der Waals surface area contributed by atoms with Crippen molar-refractivity contribution in [2.24, 2.45) is 5.92 Å². The molecule has 0 unspecified atom stereocenters. The molecule has 1 saturated heterocycles. The van der Waals surface area contributed by atoms with Gasteiger partial charge in [0.2, 0.25) is 0 Å². The lowest BCUT2D eigenvalue weighted by Crippen LogP contribution is -2.42. The standard InChI is InChI=1S/C23H24N2O5S/c1-29-23(26)19-11-7-15-30-24-14-13-18-17-10-5-6-12-20(17)25(22(18)21(19)24)31(27,28)16-8-3-2-4-9-16/h2-6,8-10,12,19,21H,7,11,13-15H2,1H3/t19-,21-/m0/s1. The number of hydroxylamine groups is 2. The summed E-state index contributed by atoms with van der Waals surface area (Å²) in [4.78, 5) is 19.0. The first-order valence-electron chi connectivity index (χ1n) is 10.4. The number of ether oxygens (including phenoxy) is 1. The van der Waals surface area contributed by atoms with E-state index in [9.17, 15) is 13.2 Å². The van der Waals surface area contributed by atoms with Gasteiger partial charge >= 0.3 is 5.97 Å². The molecule has 0 spiro atoms. The van der Waals surface area contributed by atoms with E-state index >= 15 is 0 Å². The molecule has 0 radical (unpaired) electrons. The largest absolute Gasteiger partial charge is 0.469 e. The van der Waals surface area contributed by atoms with Crippen LogP contribution >= 0.6 is 0 Å². The molecule has 3 aromatic rings. The van der Waals surface area contributed by atoms with Crippen LogP contribution in [0.25, 0.3) is 10.9 Å². The number of fused-ring (bicyclic) bond motifs is 5. The molecule has 1 aromatic heterocycles. The van der Waals surface area contributed by atoms with Gasteiger partial charge in [-0.2, -0.15) is 5.06 Å². The quantitative estimate of drug-likeness (QED) is 0.582. The van der Waals surface area contributed by atoms with Crippen molar-refractivity contribution in [2.45, 2.75) is 30.2 Å². The van der Waals surface area contributed by atoms with Gasteiger partial charge < -0.3 is 4.74 Å². The first kappa shape index (κ1) is 20.2. The Morgan fingerprint density at radius 2 is 1.84 bits per heavy atom. The third-order valence-corrected chi connectivity index (χ3v) is 7.97. The molecule has 7 nitrogen and oxygen atoms in total. The molecule has 3 heterocycles. The van der Waals surface area contributed by atoms with Gasteiger partial charge in [0.1, 0.15) is 0 Å². The third-order valence-electron chi connectivity index (χ3n) is 6.23. The van der Waals surface area contributed by atoms with Gasteiger partial charge in [0, 0.05) is 11.9 Å². The van der Waals surface area contributed by atoms with Gasteiger partial charge in [-0.25, -0.2) is 12.4 Å². The van der Waals surface area contributed by atoms with Gasteiger partial charge in [-0.15, -0.1) is 0 Å². The van der Waals surface area contributed by atoms with Crippen molar-refractivity contribution in [3.8, 4) is 0 Å². The summed E-state index contributed by atoms with van der Waals surface area (Å²) < 4.78 is 34.3. The van der Waals surface area contributed by atoms with Crippen molar-refractivity contribution in [3.63, 3.8) is 0 Å². The number of nitrogens with zero attached hydrogens (tertiary/aromatic N) is 2. The smallest absolute Gasteiger partial charge is 0.310 e. The number of hydrogen-bond donors (Lipinski definition) is 0. The minimum Gasteiger partial charge on any atom is -0.469 e. The third kappa shape index (κ3) is 3.17. The fraction of sp³-hybridized carbons (Fsp3) is 0.348. The molecule has 5 rings (SSSR count). The van der Waals surface area contributed by atoms with Crippen molar-refractivity contribution in [2.75, 3.05) is 20.3 Å². The Hall–Kier alpha value is -2.68. The van der Waals surface area contributed by atoms with Crippen molar-refractivity contribution in [3.05, 3.63) is 65.9 Å². The molecular weight excluding hydrogens is 416 g/mol. The Balaban J connectivity index is 1.83. The second-order valence-electron chi connectivity index (χ2n) is 7.90. The predicted molar refractivity (Wildman–Crippen MR) is 115 cm³/mol. The van der Waals surface area contributed by atoms with E-state index in [0.717, 1.165) is 10.9 Å². The number of methoxy groups -OCH3 is 1. The number of carbonyl (C=O) groups is 1. The summed E-state index contributed by atoms with van der Waals surface area (Å²) in [7, 11) is -2.53. The minimum absolute atomic E-state index is 0.208. The Labute approximate surface area is 181 Å². The monoisotopic (exact) mass is 440 g/mol. The van der Waals surface area contributed by atoms with Crippen molar-refractivity contribution >= 4 is 26.9 Å². The number of aromatic nitrogens is 1. The topological polar surface area (TPSA) is 77.8 Å². The highest BCUT2D eigenvalue weighted by atomic mass is 32.2. The van der Waals surface area contributed by atoms with Crippen LogP contribution in [0, 0.1) is 5.92 Å². The van der Waals surface area contributed by atoms with Crippen LogP contribution in [0.5, 0.6) is 0 Å². The van der Waals surface area contributed by atoms with Gasteiger partial charge in [0.05, 0.1) is 41.8 Å². The van der Waals surface area contributed by atoms with Crippen molar-refractivity contribution < 1.29 is 22.8 Å². The van der Waals surface area contributed by atoms with E-state index < -0.39 is 22.0 Å². The molecule has 0 N–H and O–H groups in total. The minimum atomic E-state index is -3.90. The fourth-order valence-electron chi connectivity index (χ4n) is 4.89. The lowest BCUT2D eigenvalue weighted by atomic mass is 9.87. The molecule has 0 aliphatic carbocycles. The molecule has 8 heteroatoms. The summed E-state index contributed by atoms with van der Waals surface area (Å²) in [6.45, 7) is 1.08. The van der Waals surface area contributed by atoms with E-state index in [0.29, 0.717) is 43.6 Å². The summed E-state index contributed by atoms with van der Waals surface area (Å²) in [6, 6.07) is 15.4. The van der Waals surface area contributed by atoms with E-state index in [1.54, 1.807) is 35.4 Å². The highest BCUT2D eigenvalue weighted by Crippen LogP contribution is 2.45. The average molecular weight is 441 g/mol. The zero-order chi connectivity index (χ0) is 21.6. The van der Waals surface area contributed by atoms with Crippen LogP contribution in [0.15, 0.2) is 59.5 Å². The molecule has 0 amide bonds. The van der Waals surface area contributed by atoms with Crippen LogP contribution in [-0.4, -0.2) is 43.7 Å². The summed E-state index contributed by atoms with van der Waals surface area (Å²) in [5, 5.41) is 2.68. The Bertz CT molecular complexity index is 1240. The molecule has 2 aliphatic rings. The van der Waals surface area contributed by atoms with Crippen LogP contribution in [0.3, 0.4) is 0 Å². The normalized spacial score (nSPS) is 21.8. The number of benzene rings is 2. The highest BCUT2D eigenvalue weighted by molar-refractivity contribution is 7.90. The SMILES string of the molecule is COC(=O)[C@H]1CCCON2CCc3c(n(S(=O)(=O)c4ccccc4)c4ccccc34)[C@H]12. The zero-order valence-corrected chi connectivity index (χ0v) is 18.0. The van der Waals surface area contributed by atoms with Gasteiger partial charge in [0.15, 0.2) is 0 Å². The Kier molecular flexibility index (Phi) is 5.08. The lowest BCUT2D eigenvalue weighted by Gasteiger charge is -2.37. The summed E-state index contributed by atoms with van der Waals surface area (Å²) in [5.74, 6) is -0.858. The summed E-state index contributed by atoms with van der Waals surface area (Å²) in [6.07, 6.45) is 1.91. The van der Waals surface area contributed by atoms with Gasteiger partial charge in [-0.05, 0) is 43.0 Å². The van der Waals surface area contributed by atoms with Crippen LogP contribution < -0.4 is 0 Å². The molecule has 2 aliphatic heterocycles. The number of carbonyl (C=O) groups excluding carboxylic acids is 1. The molecule has 1 fully saturated rings. The summed E-state index contributed by atoms with van der Waals surface area (Å²) in [5.41, 5.74) is 2.18. The first-order chi connectivity index (χ1) is 15.0. The number of esters is 1. The van der Waals surface area contributed by atoms with E-state index in [2.05, 4.69) is 0 Å². The maximum atomic E-state index is 13.9. The van der Waals surface area contributed by atoms with E-state index in [-0.39, 0.29) is 10.9 Å². The van der Waals surface area contributed by atoms with Crippen LogP contribution in [0.1, 0.15) is 30.1 Å². The zero-order valence-electron chi connectivity index (χ0n) is 17.2. The van der Waals surface area contributed by atoms with Gasteiger partial charge in [-0.3, -0.25) is 9.63 Å². The maximum absolute atomic E-state index is 13.9. The maximum Gasteiger partial charge on any atom is 0.310 e. The first-order valence-corrected chi connectivity index (χ1v) is 11.9. The van der Waals surface area contributed by atoms with E-state index in [4.69, 9.17) is 9.57 Å². The summed E-state index contributed by atoms with van der Waals surface area (Å²) >= 11 is 0. The van der Waals surface area contributed by atoms with E-state index in [1.807, 2.05) is 24.3 Å². The molecular formula is C23H24N2O5S. The Morgan fingerprint density at radius 1 is 1.10 bits per heavy atom. The van der Waals surface area contributed by atoms with Crippen LogP contribution in [0.2, 0.25) is 0 Å². The molecule has 2 atom stereocenters. The Morgan fingerprint density at radius 3 is 2.61 bits per heavy atom. The van der Waals surface area contributed by atoms with Crippen molar-refractivity contribution in [1.29, 1.82) is 0 Å². The van der Waals surface area contributed by atoms with Crippen LogP contribution in [-0.2, 0) is 30.8 Å². The number of rotatable bonds is 3. The molecule has 162 valence electrons. The van der Waals surface area contributed by atoms with Gasteiger partial charge in [0.25, 0.3) is 10.0 Å². The van der Waals surface area contributed by atoms with Crippen LogP contribution in [0.4, 0.5) is 0 Å². The molecule has 0 saturated carbocycles. The second-order valence-corrected chi connectivity index (χ2v) is 9.69. The van der Waals surface area contributed by atoms with Gasteiger partial charge in [-0.1, -0.05) is 36.4 Å². The number of hydrogen-bond acceptors (Lipinski definition) is 6. The average Bonchev–Trinajstić information content (AvgIpc) is 2.99. The fourth-order valence-corrected chi connectivity index (χ4v) is 6.50.